The minimum atomic E-state index is -2.33. The first kappa shape index (κ1) is 48.5. The molecule has 2 heterocycles. The molecule has 2 aromatic heterocycles. The van der Waals surface area contributed by atoms with Crippen molar-refractivity contribution in [3.8, 4) is 78.6 Å². The second-order valence-electron chi connectivity index (χ2n) is 27.8. The molecule has 0 saturated heterocycles. The number of hydrogen-bond donors (Lipinski definition) is 1. The Labute approximate surface area is 499 Å². The number of nitrogens with zero attached hydrogens (tertiary/aromatic N) is 3. The summed E-state index contributed by atoms with van der Waals surface area (Å²) in [7, 11) is 0. The van der Waals surface area contributed by atoms with Crippen LogP contribution >= 0.6 is 0 Å². The fourth-order valence-corrected chi connectivity index (χ4v) is 11.5. The number of phenolic OH excluding ortho intramolecular Hbond substituents is 1. The standard InChI is InChI=1S/C74H84N3O.Pt/c1-46-38-51(67(73(14,15)16)74(17,18)19)32-34-57(46)49-30-28-47(29-31-49)50-36-37-75-62(42-50)53-39-52(40-55(41-53)70(5,6)7)58-26-23-27-64-65(58)76-68(60-44-56(71(8,9)10)45-61(66(60)78)72(11,12)13)77(64)63-35-33-54(69(2,3)4)43-59(63)48-24-21-20-22-25-48;/h20-38,40-45,67,78H,1-19H3;/q-1;/i1D3,20D,21D,22D,24D,25D;. The quantitative estimate of drug-likeness (QED) is 0.154. The predicted octanol–water partition coefficient (Wildman–Crippen LogP) is 20.6. The summed E-state index contributed by atoms with van der Waals surface area (Å²) in [5.41, 5.74) is 12.4. The first-order chi connectivity index (χ1) is 39.6. The molecule has 5 heteroatoms. The summed E-state index contributed by atoms with van der Waals surface area (Å²) in [5.74, 6) is 0.605. The molecule has 0 aliphatic rings. The van der Waals surface area contributed by atoms with Crippen LogP contribution in [0.25, 0.3) is 83.9 Å². The summed E-state index contributed by atoms with van der Waals surface area (Å²) in [6.45, 7) is 36.4. The molecule has 0 aliphatic heterocycles. The van der Waals surface area contributed by atoms with Crippen molar-refractivity contribution >= 4 is 11.0 Å². The summed E-state index contributed by atoms with van der Waals surface area (Å²) < 4.78 is 72.9. The van der Waals surface area contributed by atoms with Gasteiger partial charge in [-0.05, 0) is 126 Å². The van der Waals surface area contributed by atoms with Gasteiger partial charge in [0.15, 0.2) is 0 Å². The Morgan fingerprint density at radius 1 is 0.532 bits per heavy atom. The Bertz CT molecular complexity index is 4070. The molecule has 1 N–H and O–H groups in total. The van der Waals surface area contributed by atoms with E-state index in [0.717, 1.165) is 61.2 Å². The van der Waals surface area contributed by atoms with Gasteiger partial charge in [-0.15, -0.1) is 29.3 Å². The number of aromatic nitrogens is 3. The van der Waals surface area contributed by atoms with Gasteiger partial charge in [0.2, 0.25) is 0 Å². The Hall–Kier alpha value is -6.35. The number of aryl methyl sites for hydroxylation is 1. The molecule has 9 rings (SSSR count). The number of pyridine rings is 1. The fraction of sp³-hybridized carbons (Fsp3) is 0.351. The second kappa shape index (κ2) is 21.3. The predicted molar refractivity (Wildman–Crippen MR) is 333 cm³/mol. The third-order valence-electron chi connectivity index (χ3n) is 15.3. The molecule has 7 aromatic carbocycles. The molecule has 0 unspecified atom stereocenters. The van der Waals surface area contributed by atoms with Crippen molar-refractivity contribution in [1.29, 1.82) is 0 Å². The van der Waals surface area contributed by atoms with Gasteiger partial charge in [0.25, 0.3) is 0 Å². The van der Waals surface area contributed by atoms with Crippen molar-refractivity contribution in [2.24, 2.45) is 10.8 Å². The van der Waals surface area contributed by atoms with Crippen LogP contribution in [0, 0.1) is 23.7 Å². The Morgan fingerprint density at radius 3 is 1.75 bits per heavy atom. The smallest absolute Gasteiger partial charge is 0.148 e. The second-order valence-corrected chi connectivity index (χ2v) is 27.8. The van der Waals surface area contributed by atoms with Gasteiger partial charge >= 0.3 is 0 Å². The number of imidazole rings is 1. The van der Waals surface area contributed by atoms with Crippen LogP contribution in [0.15, 0.2) is 152 Å². The van der Waals surface area contributed by atoms with Crippen LogP contribution in [-0.2, 0) is 42.7 Å². The summed E-state index contributed by atoms with van der Waals surface area (Å²) >= 11 is 0. The number of benzene rings is 7. The van der Waals surface area contributed by atoms with Crippen molar-refractivity contribution in [1.82, 2.24) is 14.5 Å². The number of para-hydroxylation sites is 1. The van der Waals surface area contributed by atoms with E-state index in [9.17, 15) is 7.85 Å². The molecule has 0 amide bonds. The van der Waals surface area contributed by atoms with Gasteiger partial charge < -0.3 is 5.11 Å². The number of fused-ring (bicyclic) bond motifs is 1. The van der Waals surface area contributed by atoms with Gasteiger partial charge in [0.1, 0.15) is 11.6 Å². The van der Waals surface area contributed by atoms with E-state index in [1.165, 1.54) is 0 Å². The minimum absolute atomic E-state index is 0. The maximum Gasteiger partial charge on any atom is 0.148 e. The monoisotopic (exact) mass is 1230 g/mol. The largest absolute Gasteiger partial charge is 0.507 e. The first-order valence-electron chi connectivity index (χ1n) is 31.5. The molecular weight excluding hydrogens is 1140 g/mol. The van der Waals surface area contributed by atoms with Crippen LogP contribution < -0.4 is 0 Å². The normalized spacial score (nSPS) is 14.4. The SMILES string of the molecule is [2H]c1c([2H])c([2H])c(-c2cc(C(C)(C)C)ccc2-n2c(-c3cc(C(C)(C)C)cc(C(C)(C)C)c3O)nc3c(-c4[c-]c(-c5cc(-c6ccc(-c7ccc(C(C(C)(C)C)C(C)(C)C)cc7C([2H])([2H])[2H])cc6)ccn5)cc(C(C)(C)C)c4)cccc32)c([2H])c1[2H].[Pt]. The molecule has 9 aromatic rings. The van der Waals surface area contributed by atoms with E-state index in [0.29, 0.717) is 50.5 Å². The van der Waals surface area contributed by atoms with Crippen LogP contribution in [0.5, 0.6) is 5.75 Å². The van der Waals surface area contributed by atoms with Crippen molar-refractivity contribution in [3.05, 3.63) is 191 Å². The van der Waals surface area contributed by atoms with Crippen molar-refractivity contribution in [2.75, 3.05) is 0 Å². The number of phenols is 1. The van der Waals surface area contributed by atoms with E-state index in [4.69, 9.17) is 18.2 Å². The van der Waals surface area contributed by atoms with E-state index < -0.39 is 30.4 Å². The maximum atomic E-state index is 12.7. The molecular formula is C74H84N3OPt-. The molecule has 0 fully saturated rings. The van der Waals surface area contributed by atoms with E-state index in [2.05, 4.69) is 161 Å². The molecule has 0 spiro atoms. The molecule has 0 atom stereocenters. The topological polar surface area (TPSA) is 50.9 Å². The van der Waals surface area contributed by atoms with Crippen LogP contribution in [0.4, 0.5) is 0 Å². The first-order valence-corrected chi connectivity index (χ1v) is 27.5. The maximum absolute atomic E-state index is 12.7. The van der Waals surface area contributed by atoms with Gasteiger partial charge in [-0.25, -0.2) is 4.98 Å². The third kappa shape index (κ3) is 12.1. The molecule has 0 radical (unpaired) electrons. The summed E-state index contributed by atoms with van der Waals surface area (Å²) in [6, 6.07) is 40.1. The average molecular weight is 1230 g/mol. The fourth-order valence-electron chi connectivity index (χ4n) is 11.5. The molecule has 79 heavy (non-hydrogen) atoms. The summed E-state index contributed by atoms with van der Waals surface area (Å²) in [5, 5.41) is 12.7. The van der Waals surface area contributed by atoms with Crippen molar-refractivity contribution in [2.45, 2.75) is 159 Å². The van der Waals surface area contributed by atoms with Gasteiger partial charge in [-0.1, -0.05) is 239 Å². The Morgan fingerprint density at radius 2 is 1.14 bits per heavy atom. The average Bonchev–Trinajstić information content (AvgIpc) is 1.67. The molecule has 0 bridgehead atoms. The van der Waals surface area contributed by atoms with E-state index in [1.54, 1.807) is 6.20 Å². The summed E-state index contributed by atoms with van der Waals surface area (Å²) in [6.07, 6.45) is 1.80. The van der Waals surface area contributed by atoms with E-state index in [-0.39, 0.29) is 77.5 Å². The molecule has 0 saturated carbocycles. The number of hydrogen-bond acceptors (Lipinski definition) is 3. The van der Waals surface area contributed by atoms with Crippen LogP contribution in [-0.4, -0.2) is 19.6 Å². The van der Waals surface area contributed by atoms with E-state index in [1.807, 2.05) is 89.5 Å². The zero-order chi connectivity index (χ0) is 63.5. The minimum Gasteiger partial charge on any atom is -0.507 e. The Balaban J connectivity index is 0.00000982. The number of aromatic hydroxyl groups is 1. The number of rotatable bonds is 8. The molecule has 0 aliphatic carbocycles. The third-order valence-corrected chi connectivity index (χ3v) is 15.3. The van der Waals surface area contributed by atoms with Gasteiger partial charge in [-0.3, -0.25) is 9.55 Å². The summed E-state index contributed by atoms with van der Waals surface area (Å²) in [4.78, 5) is 10.6. The van der Waals surface area contributed by atoms with Crippen LogP contribution in [0.3, 0.4) is 0 Å². The molecule has 4 nitrogen and oxygen atoms in total. The van der Waals surface area contributed by atoms with Gasteiger partial charge in [-0.2, -0.15) is 0 Å². The Kier molecular flexibility index (Phi) is 13.1. The van der Waals surface area contributed by atoms with Crippen LogP contribution in [0.2, 0.25) is 0 Å². The van der Waals surface area contributed by atoms with Crippen molar-refractivity contribution in [3.63, 3.8) is 0 Å². The van der Waals surface area contributed by atoms with Gasteiger partial charge in [0, 0.05) is 48.2 Å². The van der Waals surface area contributed by atoms with Crippen molar-refractivity contribution < 1.29 is 37.1 Å². The molecule has 412 valence electrons. The van der Waals surface area contributed by atoms with Crippen LogP contribution in [0.1, 0.15) is 175 Å². The van der Waals surface area contributed by atoms with E-state index >= 15 is 0 Å². The zero-order valence-electron chi connectivity index (χ0n) is 57.7. The van der Waals surface area contributed by atoms with Gasteiger partial charge in [0.05, 0.1) is 29.1 Å². The zero-order valence-corrected chi connectivity index (χ0v) is 52.0.